The first-order valence-electron chi connectivity index (χ1n) is 25.2. The van der Waals surface area contributed by atoms with Crippen LogP contribution in [-0.4, -0.2) is 48.9 Å². The van der Waals surface area contributed by atoms with Crippen molar-refractivity contribution in [3.8, 4) is 23.0 Å². The van der Waals surface area contributed by atoms with E-state index in [2.05, 4.69) is 229 Å². The van der Waals surface area contributed by atoms with Gasteiger partial charge in [-0.2, -0.15) is 0 Å². The Labute approximate surface area is 470 Å². The molecule has 4 aromatic carbocycles. The summed E-state index contributed by atoms with van der Waals surface area (Å²) in [6.07, 6.45) is 0. The molecule has 0 radical (unpaired) electrons. The Kier molecular flexibility index (Phi) is 17.2. The molecular weight excluding hydrogens is 1050 g/mol. The van der Waals surface area contributed by atoms with Crippen LogP contribution in [0.3, 0.4) is 0 Å². The molecule has 0 amide bonds. The standard InChI is InChI=1S/2C30H45O4P.Ba/c2*1-18-21-14-19(27(2,3)4)16-23(29(8,9)10)25(21)33-35(31,32)34-26-22(18)15-20(28(5,6)7)17-24(26)30(11,12)13;/h2*14-18H,1-13H3,(H,31,32);/q;;+2/p-2. The number of fused-ring (bicyclic) bond motifs is 4. The molecule has 6 rings (SSSR count). The fourth-order valence-electron chi connectivity index (χ4n) is 9.08. The number of rotatable bonds is 0. The van der Waals surface area contributed by atoms with Gasteiger partial charge in [0.05, 0.1) is 0 Å². The molecule has 0 aliphatic carbocycles. The van der Waals surface area contributed by atoms with Gasteiger partial charge in [0, 0.05) is 56.3 Å². The molecule has 2 aliphatic rings. The van der Waals surface area contributed by atoms with E-state index in [-0.39, 0.29) is 104 Å². The van der Waals surface area contributed by atoms with Gasteiger partial charge in [-0.1, -0.05) is 229 Å². The Hall–Kier alpha value is -1.97. The predicted molar refractivity (Wildman–Crippen MR) is 294 cm³/mol. The summed E-state index contributed by atoms with van der Waals surface area (Å²) in [5.74, 6) is 1.35. The third kappa shape index (κ3) is 13.9. The second kappa shape index (κ2) is 19.9. The van der Waals surface area contributed by atoms with Crippen LogP contribution in [0, 0.1) is 0 Å². The van der Waals surface area contributed by atoms with Gasteiger partial charge in [-0.3, -0.25) is 0 Å². The van der Waals surface area contributed by atoms with Crippen LogP contribution >= 0.6 is 15.6 Å². The molecule has 0 aromatic heterocycles. The van der Waals surface area contributed by atoms with Crippen LogP contribution in [0.1, 0.15) is 259 Å². The van der Waals surface area contributed by atoms with Gasteiger partial charge in [-0.15, -0.1) is 0 Å². The second-order valence-electron chi connectivity index (χ2n) is 28.5. The largest absolute Gasteiger partial charge is 2.00 e. The molecule has 0 unspecified atom stereocenters. The van der Waals surface area contributed by atoms with Crippen molar-refractivity contribution in [3.63, 3.8) is 0 Å². The van der Waals surface area contributed by atoms with Crippen LogP contribution in [0.2, 0.25) is 0 Å². The summed E-state index contributed by atoms with van der Waals surface area (Å²) >= 11 is 0. The van der Waals surface area contributed by atoms with Gasteiger partial charge in [-0.05, 0) is 65.6 Å². The van der Waals surface area contributed by atoms with Gasteiger partial charge in [0.1, 0.15) is 23.0 Å². The molecule has 71 heavy (non-hydrogen) atoms. The van der Waals surface area contributed by atoms with Crippen molar-refractivity contribution in [3.05, 3.63) is 115 Å². The molecule has 388 valence electrons. The van der Waals surface area contributed by atoms with E-state index >= 15 is 0 Å². The summed E-state index contributed by atoms with van der Waals surface area (Å²) in [6.45, 7) is 55.5. The van der Waals surface area contributed by atoms with Crippen molar-refractivity contribution in [2.45, 2.75) is 235 Å². The fourth-order valence-corrected chi connectivity index (χ4v) is 10.9. The number of phosphoric ester groups is 2. The van der Waals surface area contributed by atoms with Crippen LogP contribution in [-0.2, 0) is 52.5 Å². The monoisotopic (exact) mass is 1140 g/mol. The summed E-state index contributed by atoms with van der Waals surface area (Å²) in [7, 11) is -9.41. The summed E-state index contributed by atoms with van der Waals surface area (Å²) in [5, 5.41) is 0. The van der Waals surface area contributed by atoms with Gasteiger partial charge in [0.15, 0.2) is 0 Å². The molecule has 0 saturated heterocycles. The van der Waals surface area contributed by atoms with Crippen molar-refractivity contribution < 1.29 is 37.0 Å². The minimum atomic E-state index is -4.70. The molecule has 11 heteroatoms. The van der Waals surface area contributed by atoms with Crippen LogP contribution in [0.4, 0.5) is 0 Å². The van der Waals surface area contributed by atoms with Gasteiger partial charge in [0.2, 0.25) is 0 Å². The molecule has 8 nitrogen and oxygen atoms in total. The molecule has 2 heterocycles. The minimum Gasteiger partial charge on any atom is -0.736 e. The number of benzene rings is 4. The summed E-state index contributed by atoms with van der Waals surface area (Å²) in [6, 6.07) is 16.9. The van der Waals surface area contributed by atoms with E-state index in [0.29, 0.717) is 23.0 Å². The molecule has 4 aromatic rings. The normalized spacial score (nSPS) is 21.0. The topological polar surface area (TPSA) is 117 Å². The molecule has 0 fully saturated rings. The smallest absolute Gasteiger partial charge is 0.736 e. The van der Waals surface area contributed by atoms with E-state index in [1.807, 2.05) is 0 Å². The van der Waals surface area contributed by atoms with Crippen LogP contribution in [0.5, 0.6) is 23.0 Å². The zero-order valence-corrected chi connectivity index (χ0v) is 54.9. The molecule has 0 spiro atoms. The molecule has 0 N–H and O–H groups in total. The maximum atomic E-state index is 13.4. The van der Waals surface area contributed by atoms with E-state index in [1.54, 1.807) is 0 Å². The Morgan fingerprint density at radius 1 is 0.324 bits per heavy atom. The molecule has 0 atom stereocenters. The average molecular weight is 1140 g/mol. The Morgan fingerprint density at radius 3 is 0.606 bits per heavy atom. The first-order valence-corrected chi connectivity index (χ1v) is 28.1. The van der Waals surface area contributed by atoms with E-state index < -0.39 is 15.6 Å². The first-order chi connectivity index (χ1) is 31.0. The second-order valence-corrected chi connectivity index (χ2v) is 31.0. The minimum absolute atomic E-state index is 0. The van der Waals surface area contributed by atoms with Crippen molar-refractivity contribution >= 4 is 64.5 Å². The van der Waals surface area contributed by atoms with Crippen molar-refractivity contribution in [1.29, 1.82) is 0 Å². The van der Waals surface area contributed by atoms with E-state index in [1.165, 1.54) is 0 Å². The fraction of sp³-hybridized carbons (Fsp3) is 0.600. The summed E-state index contributed by atoms with van der Waals surface area (Å²) < 4.78 is 50.0. The van der Waals surface area contributed by atoms with Crippen LogP contribution in [0.25, 0.3) is 0 Å². The zero-order chi connectivity index (χ0) is 53.9. The van der Waals surface area contributed by atoms with Crippen molar-refractivity contribution in [2.75, 3.05) is 0 Å². The third-order valence-corrected chi connectivity index (χ3v) is 15.5. The van der Waals surface area contributed by atoms with Crippen molar-refractivity contribution in [2.24, 2.45) is 0 Å². The number of phosphoric acid groups is 2. The van der Waals surface area contributed by atoms with Crippen molar-refractivity contribution in [1.82, 2.24) is 0 Å². The van der Waals surface area contributed by atoms with Gasteiger partial charge < -0.3 is 27.9 Å². The van der Waals surface area contributed by atoms with Crippen LogP contribution in [0.15, 0.2) is 48.5 Å². The Bertz CT molecular complexity index is 2380. The molecule has 0 bridgehead atoms. The summed E-state index contributed by atoms with van der Waals surface area (Å²) in [5.41, 5.74) is 9.92. The predicted octanol–water partition coefficient (Wildman–Crippen LogP) is 16.2. The van der Waals surface area contributed by atoms with Gasteiger partial charge in [-0.25, -0.2) is 9.13 Å². The quantitative estimate of drug-likeness (QED) is 0.126. The Balaban J connectivity index is 0.000000304. The molecule has 2 aliphatic heterocycles. The van der Waals surface area contributed by atoms with Crippen LogP contribution < -0.4 is 27.9 Å². The van der Waals surface area contributed by atoms with E-state index in [0.717, 1.165) is 66.8 Å². The Morgan fingerprint density at radius 2 is 0.479 bits per heavy atom. The number of hydrogen-bond acceptors (Lipinski definition) is 8. The zero-order valence-electron chi connectivity index (χ0n) is 48.6. The average Bonchev–Trinajstić information content (AvgIpc) is 3.12. The molecular formula is C60H88BaO8P2. The third-order valence-electron chi connectivity index (χ3n) is 13.8. The maximum Gasteiger partial charge on any atom is 2.00 e. The number of hydrogen-bond donors (Lipinski definition) is 0. The van der Waals surface area contributed by atoms with Gasteiger partial charge >= 0.3 is 64.5 Å². The van der Waals surface area contributed by atoms with E-state index in [9.17, 15) is 18.9 Å². The maximum absolute atomic E-state index is 13.4. The first kappa shape index (κ1) is 61.6. The molecule has 0 saturated carbocycles. The summed E-state index contributed by atoms with van der Waals surface area (Å²) in [4.78, 5) is 26.7. The van der Waals surface area contributed by atoms with Gasteiger partial charge in [0.25, 0.3) is 0 Å². The van der Waals surface area contributed by atoms with E-state index in [4.69, 9.17) is 18.1 Å². The SMILES string of the molecule is CC1c2cc(C(C)(C)C)cc(C(C)(C)C)c2OP(=O)([O-])Oc2c1cc(C(C)(C)C)cc2C(C)(C)C.CC1c2cc(C(C)(C)C)cc(C(C)(C)C)c2OP(=O)([O-])Oc2c1cc(C(C)(C)C)cc2C(C)(C)C.[Ba+2].